The minimum atomic E-state index is -0.743. The number of hydrogen-bond acceptors (Lipinski definition) is 5. The van der Waals surface area contributed by atoms with E-state index in [1.807, 2.05) is 0 Å². The van der Waals surface area contributed by atoms with Crippen molar-refractivity contribution in [2.24, 2.45) is 5.92 Å². The van der Waals surface area contributed by atoms with E-state index in [0.29, 0.717) is 25.3 Å². The number of aliphatic hydroxyl groups is 1. The second-order valence-corrected chi connectivity index (χ2v) is 7.00. The van der Waals surface area contributed by atoms with Gasteiger partial charge in [-0.3, -0.25) is 4.79 Å². The number of unbranched alkanes of at least 4 members (excludes halogenated alkanes) is 4. The van der Waals surface area contributed by atoms with Crippen LogP contribution in [0.1, 0.15) is 64.7 Å². The summed E-state index contributed by atoms with van der Waals surface area (Å²) in [5.74, 6) is 0.388. The van der Waals surface area contributed by atoms with Gasteiger partial charge in [0.25, 0.3) is 5.09 Å². The van der Waals surface area contributed by atoms with Gasteiger partial charge in [0.15, 0.2) is 0 Å². The zero-order valence-electron chi connectivity index (χ0n) is 18.2. The van der Waals surface area contributed by atoms with Crippen LogP contribution in [0.5, 0.6) is 0 Å². The van der Waals surface area contributed by atoms with Gasteiger partial charge >= 0.3 is 0 Å². The minimum Gasteiger partial charge on any atom is -0.395 e. The van der Waals surface area contributed by atoms with Gasteiger partial charge in [0.1, 0.15) is 0 Å². The topological polar surface area (TPSA) is 102 Å². The fraction of sp³-hybridized carbons (Fsp3) is 0.609. The van der Waals surface area contributed by atoms with Crippen LogP contribution < -0.4 is 5.32 Å². The highest BCUT2D eigenvalue weighted by molar-refractivity contribution is 5.75. The van der Waals surface area contributed by atoms with Gasteiger partial charge in [-0.2, -0.15) is 0 Å². The molecule has 0 saturated carbocycles. The largest absolute Gasteiger partial charge is 0.395 e. The van der Waals surface area contributed by atoms with E-state index in [-0.39, 0.29) is 19.1 Å². The molecule has 0 aliphatic heterocycles. The van der Waals surface area contributed by atoms with E-state index >= 15 is 0 Å². The molecule has 1 unspecified atom stereocenters. The number of hydrogen-bond donors (Lipinski definition) is 2. The molecule has 0 aromatic carbocycles. The van der Waals surface area contributed by atoms with E-state index in [9.17, 15) is 14.9 Å². The first-order valence-electron chi connectivity index (χ1n) is 10.8. The van der Waals surface area contributed by atoms with Crippen molar-refractivity contribution >= 4 is 5.91 Å². The molecule has 1 atom stereocenters. The Kier molecular flexibility index (Phi) is 19.6. The van der Waals surface area contributed by atoms with Crippen LogP contribution in [0.4, 0.5) is 0 Å². The zero-order chi connectivity index (χ0) is 22.3. The number of aliphatic hydroxyl groups excluding tert-OH is 1. The molecule has 0 aliphatic carbocycles. The molecule has 0 bridgehead atoms. The van der Waals surface area contributed by atoms with Crippen molar-refractivity contribution in [2.45, 2.75) is 64.7 Å². The normalized spacial score (nSPS) is 13.0. The fourth-order valence-electron chi connectivity index (χ4n) is 2.58. The van der Waals surface area contributed by atoms with Crippen molar-refractivity contribution in [1.82, 2.24) is 5.32 Å². The molecule has 0 fully saturated rings. The van der Waals surface area contributed by atoms with Gasteiger partial charge in [-0.05, 0) is 50.9 Å². The average Bonchev–Trinajstić information content (AvgIpc) is 2.72. The molecule has 170 valence electrons. The van der Waals surface area contributed by atoms with Gasteiger partial charge in [-0.1, -0.05) is 62.0 Å². The molecular weight excluding hydrogens is 384 g/mol. The van der Waals surface area contributed by atoms with Crippen LogP contribution in [0.3, 0.4) is 0 Å². The monoisotopic (exact) mass is 422 g/mol. The Labute approximate surface area is 180 Å². The van der Waals surface area contributed by atoms with Crippen molar-refractivity contribution in [3.63, 3.8) is 0 Å². The molecule has 0 spiro atoms. The van der Waals surface area contributed by atoms with E-state index in [1.165, 1.54) is 0 Å². The molecule has 0 radical (unpaired) electrons. The minimum absolute atomic E-state index is 0.00601. The van der Waals surface area contributed by atoms with Crippen molar-refractivity contribution in [1.29, 1.82) is 0 Å². The van der Waals surface area contributed by atoms with Crippen molar-refractivity contribution in [3.05, 3.63) is 58.7 Å². The van der Waals surface area contributed by atoms with Gasteiger partial charge in [-0.25, -0.2) is 0 Å². The number of allylic oxidation sites excluding steroid dienone is 8. The highest BCUT2D eigenvalue weighted by Gasteiger charge is 1.97. The molecule has 0 aromatic rings. The molecule has 1 amide bonds. The Hall–Kier alpha value is -2.41. The van der Waals surface area contributed by atoms with Crippen LogP contribution in [-0.2, 0) is 9.63 Å². The summed E-state index contributed by atoms with van der Waals surface area (Å²) in [5, 5.41) is 20.5. The second-order valence-electron chi connectivity index (χ2n) is 7.00. The lowest BCUT2D eigenvalue weighted by Crippen LogP contribution is -2.25. The van der Waals surface area contributed by atoms with E-state index in [2.05, 4.69) is 65.7 Å². The maximum Gasteiger partial charge on any atom is 0.294 e. The molecule has 0 aliphatic rings. The number of rotatable bonds is 19. The third-order valence-corrected chi connectivity index (χ3v) is 4.18. The highest BCUT2D eigenvalue weighted by Crippen LogP contribution is 2.06. The zero-order valence-corrected chi connectivity index (χ0v) is 18.2. The standard InChI is InChI=1S/C23H38N2O5/c1-22(17-13-9-7-11-15-21-30-25(28)29)16-12-8-5-3-2-4-6-10-14-18-23(27)24-19-20-26/h3-6,12-13,16-17,22,26H,2,7-11,14-15,18-21H2,1H3,(H,24,27)/b5-3-,6-4-,16-12-,17-13-. The number of nitrogens with zero attached hydrogens (tertiary/aromatic N) is 1. The Balaban J connectivity index is 3.61. The van der Waals surface area contributed by atoms with Crippen LogP contribution in [0.2, 0.25) is 0 Å². The Morgan fingerprint density at radius 1 is 1.00 bits per heavy atom. The quantitative estimate of drug-likeness (QED) is 0.136. The molecule has 0 aromatic heterocycles. The lowest BCUT2D eigenvalue weighted by molar-refractivity contribution is -0.757. The van der Waals surface area contributed by atoms with Gasteiger partial charge in [0.2, 0.25) is 5.91 Å². The molecular formula is C23H38N2O5. The molecule has 0 saturated heterocycles. The number of nitrogens with one attached hydrogen (secondary N) is 1. The third kappa shape index (κ3) is 21.9. The van der Waals surface area contributed by atoms with Gasteiger partial charge in [0.05, 0.1) is 13.2 Å². The fourth-order valence-corrected chi connectivity index (χ4v) is 2.58. The lowest BCUT2D eigenvalue weighted by atomic mass is 10.1. The molecule has 7 nitrogen and oxygen atoms in total. The van der Waals surface area contributed by atoms with E-state index in [1.54, 1.807) is 0 Å². The smallest absolute Gasteiger partial charge is 0.294 e. The van der Waals surface area contributed by atoms with Crippen molar-refractivity contribution in [3.8, 4) is 0 Å². The maximum atomic E-state index is 11.3. The molecule has 7 heteroatoms. The number of carbonyl (C=O) groups excluding carboxylic acids is 1. The predicted octanol–water partition coefficient (Wildman–Crippen LogP) is 4.68. The molecule has 0 heterocycles. The average molecular weight is 423 g/mol. The van der Waals surface area contributed by atoms with Crippen LogP contribution >= 0.6 is 0 Å². The number of amides is 1. The Morgan fingerprint density at radius 3 is 2.40 bits per heavy atom. The van der Waals surface area contributed by atoms with Crippen LogP contribution in [0, 0.1) is 16.0 Å². The summed E-state index contributed by atoms with van der Waals surface area (Å²) in [6.45, 7) is 2.64. The maximum absolute atomic E-state index is 11.3. The summed E-state index contributed by atoms with van der Waals surface area (Å²) >= 11 is 0. The first kappa shape index (κ1) is 27.6. The van der Waals surface area contributed by atoms with Crippen LogP contribution in [0.15, 0.2) is 48.6 Å². The first-order valence-corrected chi connectivity index (χ1v) is 10.8. The first-order chi connectivity index (χ1) is 14.6. The van der Waals surface area contributed by atoms with Crippen molar-refractivity contribution in [2.75, 3.05) is 19.8 Å². The van der Waals surface area contributed by atoms with E-state index in [0.717, 1.165) is 44.9 Å². The van der Waals surface area contributed by atoms with Gasteiger partial charge < -0.3 is 15.3 Å². The van der Waals surface area contributed by atoms with E-state index in [4.69, 9.17) is 5.11 Å². The summed E-state index contributed by atoms with van der Waals surface area (Å²) in [4.78, 5) is 25.6. The van der Waals surface area contributed by atoms with Crippen LogP contribution in [0.25, 0.3) is 0 Å². The summed E-state index contributed by atoms with van der Waals surface area (Å²) in [6, 6.07) is 0. The second kappa shape index (κ2) is 21.3. The highest BCUT2D eigenvalue weighted by atomic mass is 16.9. The third-order valence-electron chi connectivity index (χ3n) is 4.18. The Morgan fingerprint density at radius 2 is 1.67 bits per heavy atom. The van der Waals surface area contributed by atoms with E-state index < -0.39 is 5.09 Å². The van der Waals surface area contributed by atoms with Crippen molar-refractivity contribution < 1.29 is 19.8 Å². The lowest BCUT2D eigenvalue weighted by Gasteiger charge is -2.00. The summed E-state index contributed by atoms with van der Waals surface area (Å²) in [6.07, 6.45) is 24.8. The molecule has 0 rings (SSSR count). The summed E-state index contributed by atoms with van der Waals surface area (Å²) < 4.78 is 0. The predicted molar refractivity (Wildman–Crippen MR) is 120 cm³/mol. The summed E-state index contributed by atoms with van der Waals surface area (Å²) in [5.41, 5.74) is 0. The molecule has 2 N–H and O–H groups in total. The number of carbonyl (C=O) groups is 1. The molecule has 30 heavy (non-hydrogen) atoms. The summed E-state index contributed by atoms with van der Waals surface area (Å²) in [7, 11) is 0. The SMILES string of the molecule is CC(/C=C\C/C=C\C/C=C\CCCC(=O)NCCO)/C=C\CCCCCO[N+](=O)[O-]. The Bertz CT molecular complexity index is 556. The van der Waals surface area contributed by atoms with Crippen LogP contribution in [-0.4, -0.2) is 35.9 Å². The van der Waals surface area contributed by atoms with Gasteiger partial charge in [0, 0.05) is 13.0 Å². The van der Waals surface area contributed by atoms with Gasteiger partial charge in [-0.15, -0.1) is 10.1 Å².